The second kappa shape index (κ2) is 18.6. The van der Waals surface area contributed by atoms with E-state index >= 15 is 0 Å². The summed E-state index contributed by atoms with van der Waals surface area (Å²) in [5, 5.41) is 9.37. The van der Waals surface area contributed by atoms with Crippen LogP contribution in [0.5, 0.6) is 0 Å². The molecule has 0 spiro atoms. The molecule has 1 heterocycles. The highest BCUT2D eigenvalue weighted by molar-refractivity contribution is 6.37. The summed E-state index contributed by atoms with van der Waals surface area (Å²) in [7, 11) is 0. The van der Waals surface area contributed by atoms with Gasteiger partial charge in [-0.25, -0.2) is 4.79 Å². The number of pyridine rings is 1. The van der Waals surface area contributed by atoms with Crippen LogP contribution in [0.15, 0.2) is 24.4 Å². The number of Topliss-reactive ketones (excluding diaryl/α,β-unsaturated/α-hetero) is 2. The molecular formula is C39H61N5O5. The normalized spacial score (nSPS) is 20.4. The Bertz CT molecular complexity index is 1250. The maximum absolute atomic E-state index is 14.2. The van der Waals surface area contributed by atoms with Gasteiger partial charge >= 0.3 is 6.03 Å². The summed E-state index contributed by atoms with van der Waals surface area (Å²) >= 11 is 0. The number of hydrogen-bond acceptors (Lipinski definition) is 6. The lowest BCUT2D eigenvalue weighted by molar-refractivity contribution is -0.139. The van der Waals surface area contributed by atoms with Crippen LogP contribution in [0.2, 0.25) is 0 Å². The predicted molar refractivity (Wildman–Crippen MR) is 190 cm³/mol. The monoisotopic (exact) mass is 679 g/mol. The van der Waals surface area contributed by atoms with Crippen LogP contribution in [0.4, 0.5) is 4.79 Å². The number of primary amides is 1. The topological polar surface area (TPSA) is 160 Å². The quantitative estimate of drug-likeness (QED) is 0.132. The van der Waals surface area contributed by atoms with Crippen molar-refractivity contribution in [2.24, 2.45) is 35.3 Å². The molecule has 3 aliphatic rings. The van der Waals surface area contributed by atoms with Crippen LogP contribution >= 0.6 is 0 Å². The summed E-state index contributed by atoms with van der Waals surface area (Å²) in [6.07, 6.45) is 16.7. The Morgan fingerprint density at radius 3 is 2.20 bits per heavy atom. The molecule has 3 aliphatic carbocycles. The van der Waals surface area contributed by atoms with Gasteiger partial charge in [0.2, 0.25) is 11.7 Å². The molecule has 0 saturated heterocycles. The number of nitrogens with one attached hydrogen (secondary N) is 3. The Morgan fingerprint density at radius 2 is 1.61 bits per heavy atom. The fraction of sp³-hybridized carbons (Fsp3) is 0.744. The number of amides is 4. The number of nitrogens with two attached hydrogens (primary N) is 1. The van der Waals surface area contributed by atoms with E-state index in [4.69, 9.17) is 5.73 Å². The molecule has 0 bridgehead atoms. The van der Waals surface area contributed by atoms with E-state index in [1.165, 1.54) is 0 Å². The van der Waals surface area contributed by atoms with Crippen molar-refractivity contribution in [3.8, 4) is 0 Å². The number of aromatic nitrogens is 1. The first kappa shape index (κ1) is 38.5. The molecule has 4 atom stereocenters. The van der Waals surface area contributed by atoms with Crippen LogP contribution in [-0.4, -0.2) is 52.0 Å². The summed E-state index contributed by atoms with van der Waals surface area (Å²) in [5.41, 5.74) is 5.89. The number of rotatable bonds is 19. The van der Waals surface area contributed by atoms with Crippen molar-refractivity contribution < 1.29 is 24.0 Å². The summed E-state index contributed by atoms with van der Waals surface area (Å²) in [4.78, 5) is 71.0. The third-order valence-electron chi connectivity index (χ3n) is 11.4. The van der Waals surface area contributed by atoms with E-state index in [1.54, 1.807) is 6.20 Å². The Hall–Kier alpha value is -3.30. The van der Waals surface area contributed by atoms with Gasteiger partial charge in [-0.3, -0.25) is 24.2 Å². The van der Waals surface area contributed by atoms with E-state index in [2.05, 4.69) is 41.7 Å². The molecule has 272 valence electrons. The van der Waals surface area contributed by atoms with Gasteiger partial charge in [0.25, 0.3) is 5.91 Å². The van der Waals surface area contributed by atoms with Gasteiger partial charge in [0.05, 0.1) is 12.1 Å². The average molecular weight is 680 g/mol. The average Bonchev–Trinajstić information content (AvgIpc) is 3.91. The van der Waals surface area contributed by atoms with Crippen LogP contribution in [0.1, 0.15) is 136 Å². The van der Waals surface area contributed by atoms with Gasteiger partial charge in [-0.2, -0.15) is 0 Å². The van der Waals surface area contributed by atoms with Crippen molar-refractivity contribution in [1.29, 1.82) is 0 Å². The Kier molecular flexibility index (Phi) is 14.6. The molecular weight excluding hydrogens is 618 g/mol. The van der Waals surface area contributed by atoms with Gasteiger partial charge in [0, 0.05) is 36.2 Å². The molecule has 4 rings (SSSR count). The third-order valence-corrected chi connectivity index (χ3v) is 11.4. The summed E-state index contributed by atoms with van der Waals surface area (Å²) in [6, 6.07) is 3.97. The molecule has 3 saturated carbocycles. The number of ketones is 2. The molecule has 0 radical (unpaired) electrons. The van der Waals surface area contributed by atoms with Crippen LogP contribution in [0, 0.1) is 29.6 Å². The van der Waals surface area contributed by atoms with Crippen molar-refractivity contribution in [2.45, 2.75) is 154 Å². The second-order valence-electron chi connectivity index (χ2n) is 15.6. The predicted octanol–water partition coefficient (Wildman–Crippen LogP) is 5.95. The number of hydrogen-bond donors (Lipinski definition) is 4. The lowest BCUT2D eigenvalue weighted by atomic mass is 9.76. The zero-order chi connectivity index (χ0) is 35.4. The first-order chi connectivity index (χ1) is 23.5. The Morgan fingerprint density at radius 1 is 0.918 bits per heavy atom. The molecule has 0 aliphatic heterocycles. The molecule has 1 aromatic heterocycles. The summed E-state index contributed by atoms with van der Waals surface area (Å²) < 4.78 is 0. The maximum atomic E-state index is 14.2. The highest BCUT2D eigenvalue weighted by Crippen LogP contribution is 2.36. The Balaban J connectivity index is 1.49. The molecule has 3 fully saturated rings. The molecule has 1 aromatic rings. The molecule has 5 N–H and O–H groups in total. The molecule has 10 nitrogen and oxygen atoms in total. The fourth-order valence-corrected chi connectivity index (χ4v) is 8.47. The van der Waals surface area contributed by atoms with E-state index in [9.17, 15) is 24.0 Å². The van der Waals surface area contributed by atoms with Gasteiger partial charge in [0.15, 0.2) is 5.78 Å². The SMILES string of the molecule is CCC[C@H](C(C)C)[C@H](CCC(=O)[C@@H](NC(=O)NC1(Cc2ccccn2)CCCCC1)C1CCCCC1)C(=O)NC(CC1CC1)C(=O)C(N)=O. The molecule has 4 amide bonds. The van der Waals surface area contributed by atoms with E-state index < -0.39 is 35.2 Å². The van der Waals surface area contributed by atoms with E-state index in [0.29, 0.717) is 25.2 Å². The van der Waals surface area contributed by atoms with Crippen LogP contribution in [0.3, 0.4) is 0 Å². The minimum absolute atomic E-state index is 0.00907. The number of nitrogens with zero attached hydrogens (tertiary/aromatic N) is 1. The molecule has 0 aromatic carbocycles. The van der Waals surface area contributed by atoms with Crippen molar-refractivity contribution in [3.63, 3.8) is 0 Å². The van der Waals surface area contributed by atoms with Gasteiger partial charge < -0.3 is 21.7 Å². The smallest absolute Gasteiger partial charge is 0.315 e. The summed E-state index contributed by atoms with van der Waals surface area (Å²) in [6.45, 7) is 6.25. The maximum Gasteiger partial charge on any atom is 0.315 e. The van der Waals surface area contributed by atoms with Crippen LogP contribution < -0.4 is 21.7 Å². The number of carbonyl (C=O) groups is 5. The van der Waals surface area contributed by atoms with Crippen molar-refractivity contribution in [3.05, 3.63) is 30.1 Å². The number of carbonyl (C=O) groups excluding carboxylic acids is 5. The van der Waals surface area contributed by atoms with E-state index in [-0.39, 0.29) is 41.9 Å². The largest absolute Gasteiger partial charge is 0.363 e. The standard InChI is InChI=1S/C39H61N5O5/c1-4-13-30(26(2)3)31(37(48)42-32(24-27-17-18-27)35(46)36(40)47)19-20-33(45)34(28-14-7-5-8-15-28)43-38(49)44-39(21-10-6-11-22-39)25-29-16-9-12-23-41-29/h9,12,16,23,26-28,30-32,34H,4-8,10-11,13-15,17-22,24-25H2,1-3H3,(H2,40,47)(H,42,48)(H2,43,44,49)/t30-,31+,32?,34+/m1/s1. The lowest BCUT2D eigenvalue weighted by Gasteiger charge is -2.39. The highest BCUT2D eigenvalue weighted by Gasteiger charge is 2.39. The molecule has 1 unspecified atom stereocenters. The van der Waals surface area contributed by atoms with Crippen molar-refractivity contribution >= 4 is 29.4 Å². The van der Waals surface area contributed by atoms with Crippen LogP contribution in [-0.2, 0) is 25.6 Å². The fourth-order valence-electron chi connectivity index (χ4n) is 8.47. The Labute approximate surface area is 293 Å². The van der Waals surface area contributed by atoms with Gasteiger partial charge in [-0.15, -0.1) is 0 Å². The van der Waals surface area contributed by atoms with Crippen molar-refractivity contribution in [2.75, 3.05) is 0 Å². The third kappa shape index (κ3) is 11.6. The number of urea groups is 1. The van der Waals surface area contributed by atoms with Crippen molar-refractivity contribution in [1.82, 2.24) is 20.9 Å². The molecule has 49 heavy (non-hydrogen) atoms. The first-order valence-corrected chi connectivity index (χ1v) is 19.2. The minimum Gasteiger partial charge on any atom is -0.363 e. The van der Waals surface area contributed by atoms with E-state index in [0.717, 1.165) is 95.6 Å². The second-order valence-corrected chi connectivity index (χ2v) is 15.6. The molecule has 10 heteroatoms. The van der Waals surface area contributed by atoms with Gasteiger partial charge in [0.1, 0.15) is 0 Å². The van der Waals surface area contributed by atoms with Gasteiger partial charge in [-0.1, -0.05) is 84.6 Å². The lowest BCUT2D eigenvalue weighted by Crippen LogP contribution is -2.58. The zero-order valence-electron chi connectivity index (χ0n) is 30.1. The highest BCUT2D eigenvalue weighted by atomic mass is 16.2. The first-order valence-electron chi connectivity index (χ1n) is 19.2. The minimum atomic E-state index is -1.04. The van der Waals surface area contributed by atoms with Gasteiger partial charge in [-0.05, 0) is 80.8 Å². The summed E-state index contributed by atoms with van der Waals surface area (Å²) in [5.74, 6) is -2.16. The zero-order valence-corrected chi connectivity index (χ0v) is 30.1. The van der Waals surface area contributed by atoms with Crippen LogP contribution in [0.25, 0.3) is 0 Å². The van der Waals surface area contributed by atoms with E-state index in [1.807, 2.05) is 18.2 Å².